The SMILES string of the molecule is Cc1cccc(C(=O)NCc2ccccc2Cn2cccn2)c1[N+](=O)[O-]. The summed E-state index contributed by atoms with van der Waals surface area (Å²) in [6, 6.07) is 14.3. The predicted molar refractivity (Wildman–Crippen MR) is 96.8 cm³/mol. The summed E-state index contributed by atoms with van der Waals surface area (Å²) in [7, 11) is 0. The van der Waals surface area contributed by atoms with Crippen LogP contribution in [0, 0.1) is 17.0 Å². The topological polar surface area (TPSA) is 90.1 Å². The second-order valence-electron chi connectivity index (χ2n) is 5.88. The number of hydrogen-bond acceptors (Lipinski definition) is 4. The number of aromatic nitrogens is 2. The average Bonchev–Trinajstić information content (AvgIpc) is 3.13. The first-order valence-corrected chi connectivity index (χ1v) is 8.12. The van der Waals surface area contributed by atoms with Crippen molar-refractivity contribution in [3.8, 4) is 0 Å². The molecule has 7 heteroatoms. The number of amides is 1. The third-order valence-electron chi connectivity index (χ3n) is 4.11. The molecule has 1 aromatic heterocycles. The number of rotatable bonds is 6. The van der Waals surface area contributed by atoms with Gasteiger partial charge in [0.05, 0.1) is 11.5 Å². The smallest absolute Gasteiger partial charge is 0.285 e. The molecule has 0 aliphatic rings. The molecule has 2 aromatic carbocycles. The third-order valence-corrected chi connectivity index (χ3v) is 4.11. The lowest BCUT2D eigenvalue weighted by molar-refractivity contribution is -0.385. The first-order valence-electron chi connectivity index (χ1n) is 8.12. The lowest BCUT2D eigenvalue weighted by atomic mass is 10.1. The van der Waals surface area contributed by atoms with Crippen LogP contribution >= 0.6 is 0 Å². The Balaban J connectivity index is 1.77. The minimum atomic E-state index is -0.518. The van der Waals surface area contributed by atoms with Gasteiger partial charge in [0.1, 0.15) is 5.56 Å². The predicted octanol–water partition coefficient (Wildman–Crippen LogP) is 3.08. The molecule has 0 saturated carbocycles. The molecule has 7 nitrogen and oxygen atoms in total. The largest absolute Gasteiger partial charge is 0.348 e. The summed E-state index contributed by atoms with van der Waals surface area (Å²) in [5, 5.41) is 18.2. The second-order valence-corrected chi connectivity index (χ2v) is 5.88. The van der Waals surface area contributed by atoms with Crippen LogP contribution < -0.4 is 5.32 Å². The van der Waals surface area contributed by atoms with Crippen LogP contribution in [0.25, 0.3) is 0 Å². The molecule has 1 N–H and O–H groups in total. The fourth-order valence-corrected chi connectivity index (χ4v) is 2.81. The third kappa shape index (κ3) is 3.77. The van der Waals surface area contributed by atoms with E-state index in [2.05, 4.69) is 10.4 Å². The monoisotopic (exact) mass is 350 g/mol. The van der Waals surface area contributed by atoms with Gasteiger partial charge in [0.25, 0.3) is 11.6 Å². The van der Waals surface area contributed by atoms with Gasteiger partial charge in [0, 0.05) is 24.5 Å². The fourth-order valence-electron chi connectivity index (χ4n) is 2.81. The molecule has 3 rings (SSSR count). The number of carbonyl (C=O) groups is 1. The van der Waals surface area contributed by atoms with Gasteiger partial charge in [-0.1, -0.05) is 36.4 Å². The van der Waals surface area contributed by atoms with Crippen molar-refractivity contribution < 1.29 is 9.72 Å². The fraction of sp³-hybridized carbons (Fsp3) is 0.158. The molecule has 0 spiro atoms. The summed E-state index contributed by atoms with van der Waals surface area (Å²) >= 11 is 0. The zero-order valence-electron chi connectivity index (χ0n) is 14.3. The second kappa shape index (κ2) is 7.60. The van der Waals surface area contributed by atoms with E-state index in [1.54, 1.807) is 29.9 Å². The molecule has 0 aliphatic carbocycles. The maximum atomic E-state index is 12.5. The highest BCUT2D eigenvalue weighted by Gasteiger charge is 2.22. The van der Waals surface area contributed by atoms with E-state index < -0.39 is 10.8 Å². The van der Waals surface area contributed by atoms with E-state index in [0.29, 0.717) is 12.1 Å². The summed E-state index contributed by atoms with van der Waals surface area (Å²) in [5.41, 5.74) is 2.33. The molecule has 1 heterocycles. The maximum Gasteiger partial charge on any atom is 0.285 e. The van der Waals surface area contributed by atoms with Crippen LogP contribution in [0.5, 0.6) is 0 Å². The van der Waals surface area contributed by atoms with Crippen LogP contribution in [-0.2, 0) is 13.1 Å². The van der Waals surface area contributed by atoms with Crippen molar-refractivity contribution in [3.05, 3.63) is 93.3 Å². The van der Waals surface area contributed by atoms with Gasteiger partial charge in [0.15, 0.2) is 0 Å². The lowest BCUT2D eigenvalue weighted by Gasteiger charge is -2.11. The van der Waals surface area contributed by atoms with Crippen molar-refractivity contribution in [2.24, 2.45) is 0 Å². The number of carbonyl (C=O) groups excluding carboxylic acids is 1. The van der Waals surface area contributed by atoms with E-state index in [1.165, 1.54) is 6.07 Å². The Morgan fingerprint density at radius 1 is 1.15 bits per heavy atom. The van der Waals surface area contributed by atoms with Gasteiger partial charge >= 0.3 is 0 Å². The Hall–Kier alpha value is -3.48. The zero-order valence-corrected chi connectivity index (χ0v) is 14.3. The number of benzene rings is 2. The van der Waals surface area contributed by atoms with Crippen LogP contribution in [0.1, 0.15) is 27.0 Å². The summed E-state index contributed by atoms with van der Waals surface area (Å²) in [6.45, 7) is 2.49. The Kier molecular flexibility index (Phi) is 5.07. The van der Waals surface area contributed by atoms with Crippen LogP contribution in [0.2, 0.25) is 0 Å². The number of nitro groups is 1. The molecule has 0 aliphatic heterocycles. The maximum absolute atomic E-state index is 12.5. The molecule has 0 atom stereocenters. The van der Waals surface area contributed by atoms with Crippen molar-refractivity contribution in [2.45, 2.75) is 20.0 Å². The van der Waals surface area contributed by atoms with Gasteiger partial charge in [-0.2, -0.15) is 5.10 Å². The minimum absolute atomic E-state index is 0.0690. The van der Waals surface area contributed by atoms with Gasteiger partial charge in [-0.15, -0.1) is 0 Å². The van der Waals surface area contributed by atoms with Crippen LogP contribution in [-0.4, -0.2) is 20.6 Å². The Bertz CT molecular complexity index is 936. The van der Waals surface area contributed by atoms with Gasteiger partial charge in [-0.25, -0.2) is 0 Å². The van der Waals surface area contributed by atoms with Crippen molar-refractivity contribution in [2.75, 3.05) is 0 Å². The number of nitrogens with zero attached hydrogens (tertiary/aromatic N) is 3. The van der Waals surface area contributed by atoms with Gasteiger partial charge in [-0.3, -0.25) is 19.6 Å². The molecular formula is C19H18N4O3. The normalized spacial score (nSPS) is 10.5. The van der Waals surface area contributed by atoms with Crippen molar-refractivity contribution >= 4 is 11.6 Å². The van der Waals surface area contributed by atoms with Gasteiger partial charge < -0.3 is 5.32 Å². The Morgan fingerprint density at radius 3 is 2.62 bits per heavy atom. The molecule has 0 radical (unpaired) electrons. The molecule has 1 amide bonds. The number of hydrogen-bond donors (Lipinski definition) is 1. The minimum Gasteiger partial charge on any atom is -0.348 e. The van der Waals surface area contributed by atoms with E-state index >= 15 is 0 Å². The number of nitro benzene ring substituents is 1. The molecule has 0 saturated heterocycles. The summed E-state index contributed by atoms with van der Waals surface area (Å²) < 4.78 is 1.80. The van der Waals surface area contributed by atoms with Crippen molar-refractivity contribution in [1.29, 1.82) is 0 Å². The van der Waals surface area contributed by atoms with Gasteiger partial charge in [0.2, 0.25) is 0 Å². The zero-order chi connectivity index (χ0) is 18.5. The highest BCUT2D eigenvalue weighted by molar-refractivity contribution is 5.98. The lowest BCUT2D eigenvalue weighted by Crippen LogP contribution is -2.24. The summed E-state index contributed by atoms with van der Waals surface area (Å²) in [6.07, 6.45) is 3.58. The molecule has 132 valence electrons. The number of para-hydroxylation sites is 1. The highest BCUT2D eigenvalue weighted by atomic mass is 16.6. The molecule has 0 fully saturated rings. The molecular weight excluding hydrogens is 332 g/mol. The average molecular weight is 350 g/mol. The van der Waals surface area contributed by atoms with E-state index in [4.69, 9.17) is 0 Å². The summed E-state index contributed by atoms with van der Waals surface area (Å²) in [5.74, 6) is -0.464. The Labute approximate surface area is 150 Å². The standard InChI is InChI=1S/C19H18N4O3/c1-14-6-4-9-17(18(14)23(25)26)19(24)20-12-15-7-2-3-8-16(15)13-22-11-5-10-21-22/h2-11H,12-13H2,1H3,(H,20,24). The first-order chi connectivity index (χ1) is 12.6. The van der Waals surface area contributed by atoms with E-state index in [9.17, 15) is 14.9 Å². The molecule has 0 unspecified atom stereocenters. The van der Waals surface area contributed by atoms with Crippen molar-refractivity contribution in [3.63, 3.8) is 0 Å². The quantitative estimate of drug-likeness (QED) is 0.546. The number of aryl methyl sites for hydroxylation is 1. The van der Waals surface area contributed by atoms with Crippen LogP contribution in [0.15, 0.2) is 60.9 Å². The molecule has 3 aromatic rings. The summed E-state index contributed by atoms with van der Waals surface area (Å²) in [4.78, 5) is 23.2. The van der Waals surface area contributed by atoms with E-state index in [-0.39, 0.29) is 17.8 Å². The Morgan fingerprint density at radius 2 is 1.92 bits per heavy atom. The van der Waals surface area contributed by atoms with Crippen LogP contribution in [0.3, 0.4) is 0 Å². The van der Waals surface area contributed by atoms with Crippen LogP contribution in [0.4, 0.5) is 5.69 Å². The van der Waals surface area contributed by atoms with E-state index in [1.807, 2.05) is 36.5 Å². The van der Waals surface area contributed by atoms with Crippen molar-refractivity contribution in [1.82, 2.24) is 15.1 Å². The van der Waals surface area contributed by atoms with Gasteiger partial charge in [-0.05, 0) is 30.2 Å². The number of nitrogens with one attached hydrogen (secondary N) is 1. The molecule has 0 bridgehead atoms. The highest BCUT2D eigenvalue weighted by Crippen LogP contribution is 2.23. The first kappa shape index (κ1) is 17.3. The van der Waals surface area contributed by atoms with E-state index in [0.717, 1.165) is 11.1 Å². The molecule has 26 heavy (non-hydrogen) atoms.